The normalized spacial score (nSPS) is 10.6. The van der Waals surface area contributed by atoms with Gasteiger partial charge in [0.1, 0.15) is 11.3 Å². The van der Waals surface area contributed by atoms with Crippen molar-refractivity contribution in [1.82, 2.24) is 0 Å². The number of hydrogen-bond donors (Lipinski definition) is 1. The van der Waals surface area contributed by atoms with Gasteiger partial charge < -0.3 is 14.5 Å². The van der Waals surface area contributed by atoms with Crippen LogP contribution in [-0.2, 0) is 4.79 Å². The zero-order valence-corrected chi connectivity index (χ0v) is 16.1. The van der Waals surface area contributed by atoms with E-state index in [-0.39, 0.29) is 12.3 Å². The number of carbonyl (C=O) groups is 1. The molecule has 1 aromatic heterocycles. The van der Waals surface area contributed by atoms with Crippen molar-refractivity contribution in [3.63, 3.8) is 0 Å². The highest BCUT2D eigenvalue weighted by atomic mass is 16.6. The summed E-state index contributed by atoms with van der Waals surface area (Å²) in [6.45, 7) is -0.278. The summed E-state index contributed by atoms with van der Waals surface area (Å²) in [6, 6.07) is 21.2. The molecule has 4 aromatic rings. The lowest BCUT2D eigenvalue weighted by Gasteiger charge is -2.09. The second kappa shape index (κ2) is 8.50. The van der Waals surface area contributed by atoms with E-state index in [2.05, 4.69) is 5.32 Å². The lowest BCUT2D eigenvalue weighted by Crippen LogP contribution is -2.20. The molecule has 0 saturated heterocycles. The maximum atomic E-state index is 12.4. The number of nitrogens with zero attached hydrogens (tertiary/aromatic N) is 1. The van der Waals surface area contributed by atoms with Crippen molar-refractivity contribution in [2.24, 2.45) is 0 Å². The first-order chi connectivity index (χ1) is 15.0. The van der Waals surface area contributed by atoms with Gasteiger partial charge in [-0.1, -0.05) is 30.3 Å². The molecular formula is C23H16N2O6. The Kier molecular flexibility index (Phi) is 5.44. The third-order valence-corrected chi connectivity index (χ3v) is 4.52. The Labute approximate surface area is 175 Å². The van der Waals surface area contributed by atoms with E-state index in [1.54, 1.807) is 42.5 Å². The molecule has 4 rings (SSSR count). The van der Waals surface area contributed by atoms with Crippen molar-refractivity contribution in [2.45, 2.75) is 0 Å². The van der Waals surface area contributed by atoms with Crippen LogP contribution in [0.3, 0.4) is 0 Å². The number of fused-ring (bicyclic) bond motifs is 1. The zero-order valence-electron chi connectivity index (χ0n) is 16.1. The number of non-ortho nitro benzene ring substituents is 1. The topological polar surface area (TPSA) is 112 Å². The summed E-state index contributed by atoms with van der Waals surface area (Å²) in [6.07, 6.45) is 0. The van der Waals surface area contributed by atoms with Crippen LogP contribution in [0.2, 0.25) is 0 Å². The Bertz CT molecular complexity index is 1330. The fraction of sp³-hybridized carbons (Fsp3) is 0.0435. The number of nitro benzene ring substituents is 1. The molecular weight excluding hydrogens is 400 g/mol. The van der Waals surface area contributed by atoms with Gasteiger partial charge in [0.05, 0.1) is 10.5 Å². The van der Waals surface area contributed by atoms with Gasteiger partial charge in [-0.25, -0.2) is 4.79 Å². The molecule has 0 fully saturated rings. The van der Waals surface area contributed by atoms with Crippen LogP contribution in [0.15, 0.2) is 88.1 Å². The van der Waals surface area contributed by atoms with E-state index >= 15 is 0 Å². The minimum absolute atomic E-state index is 0.0632. The first kappa shape index (κ1) is 19.8. The number of nitro groups is 1. The molecule has 1 N–H and O–H groups in total. The molecule has 3 aromatic carbocycles. The van der Waals surface area contributed by atoms with Crippen molar-refractivity contribution >= 4 is 28.3 Å². The van der Waals surface area contributed by atoms with Crippen LogP contribution >= 0.6 is 0 Å². The Morgan fingerprint density at radius 3 is 2.55 bits per heavy atom. The number of carbonyl (C=O) groups excluding carboxylic acids is 1. The molecule has 0 atom stereocenters. The van der Waals surface area contributed by atoms with Crippen LogP contribution < -0.4 is 15.7 Å². The van der Waals surface area contributed by atoms with E-state index in [4.69, 9.17) is 9.15 Å². The smallest absolute Gasteiger partial charge is 0.344 e. The largest absolute Gasteiger partial charge is 0.484 e. The number of hydrogen-bond acceptors (Lipinski definition) is 6. The molecule has 0 unspecified atom stereocenters. The van der Waals surface area contributed by atoms with Crippen LogP contribution in [0.1, 0.15) is 0 Å². The van der Waals surface area contributed by atoms with Crippen LogP contribution in [0.4, 0.5) is 11.4 Å². The van der Waals surface area contributed by atoms with Gasteiger partial charge in [0.15, 0.2) is 6.61 Å². The monoisotopic (exact) mass is 416 g/mol. The average molecular weight is 416 g/mol. The fourth-order valence-electron chi connectivity index (χ4n) is 3.04. The summed E-state index contributed by atoms with van der Waals surface area (Å²) in [5.74, 6) is -0.0793. The van der Waals surface area contributed by atoms with Crippen molar-refractivity contribution in [1.29, 1.82) is 0 Å². The Morgan fingerprint density at radius 2 is 1.77 bits per heavy atom. The minimum atomic E-state index is -0.514. The Hall–Kier alpha value is -4.46. The molecule has 0 bridgehead atoms. The van der Waals surface area contributed by atoms with Gasteiger partial charge in [0.25, 0.3) is 11.6 Å². The predicted molar refractivity (Wildman–Crippen MR) is 115 cm³/mol. The number of amides is 1. The van der Waals surface area contributed by atoms with Crippen molar-refractivity contribution in [3.8, 4) is 16.9 Å². The Morgan fingerprint density at radius 1 is 1.00 bits per heavy atom. The first-order valence-corrected chi connectivity index (χ1v) is 9.30. The molecule has 8 nitrogen and oxygen atoms in total. The summed E-state index contributed by atoms with van der Waals surface area (Å²) in [5.41, 5.74) is 1.45. The van der Waals surface area contributed by atoms with Crippen LogP contribution in [-0.4, -0.2) is 17.4 Å². The maximum Gasteiger partial charge on any atom is 0.344 e. The molecule has 0 aliphatic heterocycles. The van der Waals surface area contributed by atoms with Crippen molar-refractivity contribution in [2.75, 3.05) is 11.9 Å². The maximum absolute atomic E-state index is 12.4. The van der Waals surface area contributed by atoms with Crippen LogP contribution in [0, 0.1) is 10.1 Å². The van der Waals surface area contributed by atoms with E-state index in [0.29, 0.717) is 28.1 Å². The molecule has 1 amide bonds. The van der Waals surface area contributed by atoms with Gasteiger partial charge in [-0.2, -0.15) is 0 Å². The average Bonchev–Trinajstić information content (AvgIpc) is 2.77. The standard InChI is InChI=1S/C23H16N2O6/c26-22(14-30-19-10-8-18(9-11-19)25(28)29)24-17-6-3-5-15(12-17)20-13-16-4-1-2-7-21(16)31-23(20)27/h1-13H,14H2,(H,24,26). The highest BCUT2D eigenvalue weighted by Gasteiger charge is 2.10. The first-order valence-electron chi connectivity index (χ1n) is 9.30. The molecule has 8 heteroatoms. The molecule has 0 aliphatic rings. The second-order valence-electron chi connectivity index (χ2n) is 6.65. The summed E-state index contributed by atoms with van der Waals surface area (Å²) < 4.78 is 10.7. The number of para-hydroxylation sites is 1. The molecule has 0 saturated carbocycles. The zero-order chi connectivity index (χ0) is 21.8. The predicted octanol–water partition coefficient (Wildman–Crippen LogP) is 4.39. The fourth-order valence-corrected chi connectivity index (χ4v) is 3.04. The van der Waals surface area contributed by atoms with Crippen molar-refractivity contribution < 1.29 is 18.9 Å². The SMILES string of the molecule is O=C(COc1ccc([N+](=O)[O-])cc1)Nc1cccc(-c2cc3ccccc3oc2=O)c1. The Balaban J connectivity index is 1.46. The quantitative estimate of drug-likeness (QED) is 0.283. The van der Waals surface area contributed by atoms with Gasteiger partial charge in [-0.3, -0.25) is 14.9 Å². The van der Waals surface area contributed by atoms with Crippen LogP contribution in [0.5, 0.6) is 5.75 Å². The molecule has 1 heterocycles. The number of benzene rings is 3. The van der Waals surface area contributed by atoms with E-state index in [9.17, 15) is 19.7 Å². The summed E-state index contributed by atoms with van der Waals surface area (Å²) in [5, 5.41) is 14.2. The molecule has 0 aliphatic carbocycles. The number of ether oxygens (including phenoxy) is 1. The molecule has 154 valence electrons. The number of rotatable bonds is 6. The highest BCUT2D eigenvalue weighted by molar-refractivity contribution is 5.92. The summed E-state index contributed by atoms with van der Waals surface area (Å²) >= 11 is 0. The highest BCUT2D eigenvalue weighted by Crippen LogP contribution is 2.23. The summed E-state index contributed by atoms with van der Waals surface area (Å²) in [7, 11) is 0. The second-order valence-corrected chi connectivity index (χ2v) is 6.65. The summed E-state index contributed by atoms with van der Waals surface area (Å²) in [4.78, 5) is 34.8. The van der Waals surface area contributed by atoms with E-state index in [1.165, 1.54) is 24.3 Å². The van der Waals surface area contributed by atoms with Crippen molar-refractivity contribution in [3.05, 3.63) is 99.4 Å². The van der Waals surface area contributed by atoms with Gasteiger partial charge in [-0.05, 0) is 42.0 Å². The molecule has 0 radical (unpaired) electrons. The minimum Gasteiger partial charge on any atom is -0.484 e. The lowest BCUT2D eigenvalue weighted by atomic mass is 10.1. The van der Waals surface area contributed by atoms with Crippen LogP contribution in [0.25, 0.3) is 22.1 Å². The third kappa shape index (κ3) is 4.59. The van der Waals surface area contributed by atoms with Gasteiger partial charge >= 0.3 is 5.63 Å². The van der Waals surface area contributed by atoms with E-state index in [0.717, 1.165) is 5.39 Å². The van der Waals surface area contributed by atoms with Gasteiger partial charge in [0, 0.05) is 23.2 Å². The molecule has 0 spiro atoms. The number of anilines is 1. The number of nitrogens with one attached hydrogen (secondary N) is 1. The lowest BCUT2D eigenvalue weighted by molar-refractivity contribution is -0.384. The third-order valence-electron chi connectivity index (χ3n) is 4.52. The van der Waals surface area contributed by atoms with Gasteiger partial charge in [0.2, 0.25) is 0 Å². The van der Waals surface area contributed by atoms with E-state index in [1.807, 2.05) is 12.1 Å². The van der Waals surface area contributed by atoms with E-state index < -0.39 is 16.5 Å². The molecule has 31 heavy (non-hydrogen) atoms. The van der Waals surface area contributed by atoms with Gasteiger partial charge in [-0.15, -0.1) is 0 Å².